The average molecular weight is 251 g/mol. The zero-order chi connectivity index (χ0) is 13.0. The van der Waals surface area contributed by atoms with Crippen molar-refractivity contribution in [1.82, 2.24) is 4.90 Å². The van der Waals surface area contributed by atoms with Gasteiger partial charge in [-0.15, -0.1) is 0 Å². The van der Waals surface area contributed by atoms with Crippen LogP contribution in [0.15, 0.2) is 24.3 Å². The molecule has 0 saturated heterocycles. The third-order valence-electron chi connectivity index (χ3n) is 3.50. The number of halogens is 1. The summed E-state index contributed by atoms with van der Waals surface area (Å²) in [5, 5.41) is 9.02. The minimum Gasteiger partial charge on any atom is -0.395 e. The Morgan fingerprint density at radius 3 is 2.67 bits per heavy atom. The van der Waals surface area contributed by atoms with Crippen molar-refractivity contribution in [2.75, 3.05) is 19.7 Å². The molecule has 1 saturated carbocycles. The van der Waals surface area contributed by atoms with E-state index in [2.05, 4.69) is 0 Å². The highest BCUT2D eigenvalue weighted by molar-refractivity contribution is 5.97. The summed E-state index contributed by atoms with van der Waals surface area (Å²) in [7, 11) is 0. The molecule has 0 bridgehead atoms. The lowest BCUT2D eigenvalue weighted by Gasteiger charge is -2.36. The molecule has 1 aliphatic rings. The summed E-state index contributed by atoms with van der Waals surface area (Å²) in [6.45, 7) is 0.693. The van der Waals surface area contributed by atoms with Crippen LogP contribution in [-0.2, 0) is 0 Å². The van der Waals surface area contributed by atoms with E-state index in [4.69, 9.17) is 5.11 Å². The second-order valence-electron chi connectivity index (χ2n) is 4.68. The largest absolute Gasteiger partial charge is 0.395 e. The van der Waals surface area contributed by atoms with E-state index in [9.17, 15) is 9.18 Å². The first kappa shape index (κ1) is 13.2. The molecule has 0 aromatic heterocycles. The van der Waals surface area contributed by atoms with E-state index < -0.39 is 5.82 Å². The van der Waals surface area contributed by atoms with Gasteiger partial charge in [-0.05, 0) is 25.0 Å². The Kier molecular flexibility index (Phi) is 4.44. The van der Waals surface area contributed by atoms with Crippen molar-refractivity contribution in [3.8, 4) is 0 Å². The van der Waals surface area contributed by atoms with Crippen molar-refractivity contribution < 1.29 is 14.3 Å². The van der Waals surface area contributed by atoms with Crippen LogP contribution in [0, 0.1) is 5.82 Å². The highest BCUT2D eigenvalue weighted by Crippen LogP contribution is 2.24. The maximum absolute atomic E-state index is 13.5. The lowest BCUT2D eigenvalue weighted by molar-refractivity contribution is 0.0744. The van der Waals surface area contributed by atoms with Gasteiger partial charge in [-0.25, -0.2) is 4.39 Å². The number of aliphatic hydroxyl groups is 1. The van der Waals surface area contributed by atoms with Gasteiger partial charge in [0.1, 0.15) is 5.82 Å². The Hall–Kier alpha value is -1.26. The molecule has 0 atom stereocenters. The summed E-state index contributed by atoms with van der Waals surface area (Å²) in [6.07, 6.45) is 3.29. The third kappa shape index (κ3) is 2.94. The van der Waals surface area contributed by atoms with Crippen LogP contribution in [-0.4, -0.2) is 41.5 Å². The van der Waals surface area contributed by atoms with Crippen molar-refractivity contribution in [3.63, 3.8) is 0 Å². The summed E-state index contributed by atoms with van der Waals surface area (Å²) >= 11 is 0. The Balaban J connectivity index is 2.02. The van der Waals surface area contributed by atoms with Gasteiger partial charge < -0.3 is 5.11 Å². The van der Waals surface area contributed by atoms with Crippen LogP contribution in [0.1, 0.15) is 29.6 Å². The number of carbonyl (C=O) groups excluding carboxylic acids is 1. The van der Waals surface area contributed by atoms with Crippen molar-refractivity contribution in [2.45, 2.75) is 25.3 Å². The smallest absolute Gasteiger partial charge is 0.179 e. The van der Waals surface area contributed by atoms with E-state index in [1.165, 1.54) is 18.6 Å². The lowest BCUT2D eigenvalue weighted by Crippen LogP contribution is -2.44. The monoisotopic (exact) mass is 251 g/mol. The van der Waals surface area contributed by atoms with Gasteiger partial charge in [0.25, 0.3) is 0 Å². The van der Waals surface area contributed by atoms with Gasteiger partial charge in [-0.3, -0.25) is 9.69 Å². The molecule has 0 radical (unpaired) electrons. The number of hydrogen-bond acceptors (Lipinski definition) is 3. The van der Waals surface area contributed by atoms with Crippen LogP contribution in [0.3, 0.4) is 0 Å². The zero-order valence-corrected chi connectivity index (χ0v) is 10.3. The Morgan fingerprint density at radius 1 is 1.39 bits per heavy atom. The number of Topliss-reactive ketones (excluding diaryl/α,β-unsaturated/α-hetero) is 1. The number of benzene rings is 1. The minimum atomic E-state index is -0.472. The highest BCUT2D eigenvalue weighted by atomic mass is 19.1. The number of carbonyl (C=O) groups is 1. The topological polar surface area (TPSA) is 40.5 Å². The number of ketones is 1. The van der Waals surface area contributed by atoms with Crippen LogP contribution in [0.2, 0.25) is 0 Å². The summed E-state index contributed by atoms with van der Waals surface area (Å²) in [5.74, 6) is -0.687. The molecule has 0 unspecified atom stereocenters. The fourth-order valence-electron chi connectivity index (χ4n) is 2.23. The first-order valence-electron chi connectivity index (χ1n) is 6.35. The van der Waals surface area contributed by atoms with Crippen molar-refractivity contribution in [1.29, 1.82) is 0 Å². The fraction of sp³-hybridized carbons (Fsp3) is 0.500. The van der Waals surface area contributed by atoms with Gasteiger partial charge in [0, 0.05) is 12.6 Å². The Morgan fingerprint density at radius 2 is 2.11 bits per heavy atom. The Labute approximate surface area is 106 Å². The zero-order valence-electron chi connectivity index (χ0n) is 10.3. The van der Waals surface area contributed by atoms with Crippen molar-refractivity contribution in [2.24, 2.45) is 0 Å². The van der Waals surface area contributed by atoms with E-state index in [-0.39, 0.29) is 24.5 Å². The Bertz CT molecular complexity index is 418. The van der Waals surface area contributed by atoms with Crippen LogP contribution in [0.4, 0.5) is 4.39 Å². The van der Waals surface area contributed by atoms with Gasteiger partial charge >= 0.3 is 0 Å². The molecule has 0 aliphatic heterocycles. The molecule has 4 heteroatoms. The summed E-state index contributed by atoms with van der Waals surface area (Å²) in [5.41, 5.74) is 0.139. The lowest BCUT2D eigenvalue weighted by atomic mass is 9.91. The molecule has 3 nitrogen and oxygen atoms in total. The maximum atomic E-state index is 13.5. The van der Waals surface area contributed by atoms with E-state index in [1.807, 2.05) is 4.90 Å². The van der Waals surface area contributed by atoms with Crippen molar-refractivity contribution in [3.05, 3.63) is 35.6 Å². The standard InChI is InChI=1S/C14H18FNO2/c15-13-7-2-1-6-12(13)14(18)10-16(8-9-17)11-4-3-5-11/h1-2,6-7,11,17H,3-5,8-10H2. The first-order valence-corrected chi connectivity index (χ1v) is 6.35. The molecule has 0 spiro atoms. The second kappa shape index (κ2) is 6.07. The molecular formula is C14H18FNO2. The van der Waals surface area contributed by atoms with Gasteiger partial charge in [0.05, 0.1) is 18.7 Å². The molecular weight excluding hydrogens is 233 g/mol. The average Bonchev–Trinajstić information content (AvgIpc) is 2.27. The first-order chi connectivity index (χ1) is 8.72. The molecule has 1 aromatic rings. The van der Waals surface area contributed by atoms with Gasteiger partial charge in [0.2, 0.25) is 0 Å². The predicted octanol–water partition coefficient (Wildman–Crippen LogP) is 1.86. The molecule has 1 aliphatic carbocycles. The van der Waals surface area contributed by atoms with Crippen LogP contribution < -0.4 is 0 Å². The number of nitrogens with zero attached hydrogens (tertiary/aromatic N) is 1. The third-order valence-corrected chi connectivity index (χ3v) is 3.50. The number of rotatable bonds is 6. The second-order valence-corrected chi connectivity index (χ2v) is 4.68. The molecule has 0 amide bonds. The minimum absolute atomic E-state index is 0.0288. The fourth-order valence-corrected chi connectivity index (χ4v) is 2.23. The number of hydrogen-bond donors (Lipinski definition) is 1. The van der Waals surface area contributed by atoms with E-state index in [0.29, 0.717) is 12.6 Å². The van der Waals surface area contributed by atoms with Crippen LogP contribution in [0.5, 0.6) is 0 Å². The quantitative estimate of drug-likeness (QED) is 0.784. The normalized spacial score (nSPS) is 15.7. The van der Waals surface area contributed by atoms with Gasteiger partial charge in [-0.1, -0.05) is 18.6 Å². The van der Waals surface area contributed by atoms with Crippen LogP contribution >= 0.6 is 0 Å². The summed E-state index contributed by atoms with van der Waals surface area (Å²) in [6, 6.07) is 6.41. The molecule has 98 valence electrons. The molecule has 0 heterocycles. The number of aliphatic hydroxyl groups excluding tert-OH is 1. The molecule has 2 rings (SSSR count). The van der Waals surface area contributed by atoms with E-state index in [1.54, 1.807) is 12.1 Å². The highest BCUT2D eigenvalue weighted by Gasteiger charge is 2.26. The molecule has 1 N–H and O–H groups in total. The predicted molar refractivity (Wildman–Crippen MR) is 67.0 cm³/mol. The molecule has 1 aromatic carbocycles. The summed E-state index contributed by atoms with van der Waals surface area (Å²) < 4.78 is 13.5. The maximum Gasteiger partial charge on any atom is 0.179 e. The van der Waals surface area contributed by atoms with E-state index in [0.717, 1.165) is 12.8 Å². The summed E-state index contributed by atoms with van der Waals surface area (Å²) in [4.78, 5) is 14.0. The van der Waals surface area contributed by atoms with Crippen molar-refractivity contribution >= 4 is 5.78 Å². The molecule has 1 fully saturated rings. The van der Waals surface area contributed by atoms with Crippen LogP contribution in [0.25, 0.3) is 0 Å². The van der Waals surface area contributed by atoms with Gasteiger partial charge in [0.15, 0.2) is 5.78 Å². The van der Waals surface area contributed by atoms with Gasteiger partial charge in [-0.2, -0.15) is 0 Å². The SMILES string of the molecule is O=C(CN(CCO)C1CCC1)c1ccccc1F. The molecule has 18 heavy (non-hydrogen) atoms. The van der Waals surface area contributed by atoms with E-state index >= 15 is 0 Å².